The number of benzene rings is 2. The lowest BCUT2D eigenvalue weighted by Crippen LogP contribution is -2.20. The number of nitrogens with one attached hydrogen (secondary N) is 1. The number of aromatic nitrogens is 1. The van der Waals surface area contributed by atoms with Crippen LogP contribution in [0.1, 0.15) is 27.3 Å². The first-order chi connectivity index (χ1) is 14.9. The smallest absolute Gasteiger partial charge is 0.273 e. The molecule has 2 aromatic carbocycles. The van der Waals surface area contributed by atoms with Crippen molar-refractivity contribution in [3.63, 3.8) is 0 Å². The van der Waals surface area contributed by atoms with Crippen LogP contribution in [-0.2, 0) is 4.79 Å². The predicted molar refractivity (Wildman–Crippen MR) is 118 cm³/mol. The molecule has 0 spiro atoms. The summed E-state index contributed by atoms with van der Waals surface area (Å²) in [5.74, 6) is -0.0827. The Kier molecular flexibility index (Phi) is 6.71. The average Bonchev–Trinajstić information content (AvgIpc) is 3.07. The molecule has 0 aliphatic rings. The van der Waals surface area contributed by atoms with Gasteiger partial charge in [0, 0.05) is 17.1 Å². The van der Waals surface area contributed by atoms with Gasteiger partial charge in [-0.15, -0.1) is 0 Å². The number of primary amides is 1. The van der Waals surface area contributed by atoms with E-state index in [1.807, 2.05) is 54.8 Å². The van der Waals surface area contributed by atoms with Crippen LogP contribution < -0.4 is 20.6 Å². The van der Waals surface area contributed by atoms with Gasteiger partial charge in [0.2, 0.25) is 0 Å². The van der Waals surface area contributed by atoms with Crippen molar-refractivity contribution in [3.8, 4) is 17.2 Å². The number of hydrogen-bond acceptors (Lipinski definition) is 5. The van der Waals surface area contributed by atoms with Gasteiger partial charge in [0.15, 0.2) is 18.1 Å². The number of rotatable bonds is 8. The highest BCUT2D eigenvalue weighted by Gasteiger charge is 2.16. The molecule has 3 aromatic rings. The van der Waals surface area contributed by atoms with E-state index < -0.39 is 5.91 Å². The standard InChI is InChI=1S/C23H24N4O4/c1-15-11-19(16(2)27(15)18-7-5-4-6-8-18)23(29)26-25-13-17-9-10-20(21(12-17)30-3)31-14-22(24)28/h4-13H,14H2,1-3H3,(H2,24,28)(H,26,29)/b25-13-. The third kappa shape index (κ3) is 5.11. The Hall–Kier alpha value is -4.07. The normalized spacial score (nSPS) is 10.8. The highest BCUT2D eigenvalue weighted by molar-refractivity contribution is 5.96. The molecule has 3 N–H and O–H groups in total. The molecular formula is C23H24N4O4. The van der Waals surface area contributed by atoms with Gasteiger partial charge in [0.1, 0.15) is 0 Å². The Morgan fingerprint density at radius 2 is 1.84 bits per heavy atom. The summed E-state index contributed by atoms with van der Waals surface area (Å²) >= 11 is 0. The van der Waals surface area contributed by atoms with Crippen LogP contribution in [0.3, 0.4) is 0 Å². The lowest BCUT2D eigenvalue weighted by molar-refractivity contribution is -0.119. The summed E-state index contributed by atoms with van der Waals surface area (Å²) < 4.78 is 12.6. The van der Waals surface area contributed by atoms with Gasteiger partial charge in [-0.1, -0.05) is 18.2 Å². The number of carbonyl (C=O) groups excluding carboxylic acids is 2. The van der Waals surface area contributed by atoms with Crippen LogP contribution >= 0.6 is 0 Å². The van der Waals surface area contributed by atoms with Crippen molar-refractivity contribution >= 4 is 18.0 Å². The van der Waals surface area contributed by atoms with Crippen LogP contribution in [0.4, 0.5) is 0 Å². The minimum absolute atomic E-state index is 0.249. The number of hydrazone groups is 1. The van der Waals surface area contributed by atoms with Crippen molar-refractivity contribution in [1.29, 1.82) is 0 Å². The molecule has 2 amide bonds. The van der Waals surface area contributed by atoms with Crippen LogP contribution in [0.25, 0.3) is 5.69 Å². The van der Waals surface area contributed by atoms with E-state index >= 15 is 0 Å². The number of nitrogens with zero attached hydrogens (tertiary/aromatic N) is 2. The molecule has 0 unspecified atom stereocenters. The fourth-order valence-electron chi connectivity index (χ4n) is 3.23. The molecular weight excluding hydrogens is 396 g/mol. The predicted octanol–water partition coefficient (Wildman–Crippen LogP) is 2.73. The van der Waals surface area contributed by atoms with Crippen molar-refractivity contribution < 1.29 is 19.1 Å². The first-order valence-electron chi connectivity index (χ1n) is 9.57. The van der Waals surface area contributed by atoms with E-state index in [0.29, 0.717) is 22.6 Å². The molecule has 0 aliphatic heterocycles. The molecule has 8 nitrogen and oxygen atoms in total. The van der Waals surface area contributed by atoms with E-state index in [2.05, 4.69) is 10.5 Å². The molecule has 3 rings (SSSR count). The summed E-state index contributed by atoms with van der Waals surface area (Å²) in [6.07, 6.45) is 1.49. The topological polar surface area (TPSA) is 108 Å². The Balaban J connectivity index is 1.72. The van der Waals surface area contributed by atoms with Gasteiger partial charge >= 0.3 is 0 Å². The summed E-state index contributed by atoms with van der Waals surface area (Å²) in [5, 5.41) is 4.05. The largest absolute Gasteiger partial charge is 0.493 e. The summed E-state index contributed by atoms with van der Waals surface area (Å²) in [6, 6.07) is 16.7. The highest BCUT2D eigenvalue weighted by Crippen LogP contribution is 2.27. The van der Waals surface area contributed by atoms with E-state index in [9.17, 15) is 9.59 Å². The van der Waals surface area contributed by atoms with Crippen molar-refractivity contribution in [2.75, 3.05) is 13.7 Å². The number of para-hydroxylation sites is 1. The third-order valence-corrected chi connectivity index (χ3v) is 4.63. The first-order valence-corrected chi connectivity index (χ1v) is 9.57. The zero-order valence-electron chi connectivity index (χ0n) is 17.6. The minimum atomic E-state index is -0.581. The molecule has 1 heterocycles. The summed E-state index contributed by atoms with van der Waals surface area (Å²) in [6.45, 7) is 3.60. The maximum Gasteiger partial charge on any atom is 0.273 e. The fourth-order valence-corrected chi connectivity index (χ4v) is 3.23. The first kappa shape index (κ1) is 21.6. The highest BCUT2D eigenvalue weighted by atomic mass is 16.5. The lowest BCUT2D eigenvalue weighted by Gasteiger charge is -2.10. The van der Waals surface area contributed by atoms with Crippen LogP contribution in [0, 0.1) is 13.8 Å². The second kappa shape index (κ2) is 9.62. The summed E-state index contributed by atoms with van der Waals surface area (Å²) in [5.41, 5.74) is 11.6. The molecule has 0 aliphatic carbocycles. The van der Waals surface area contributed by atoms with Crippen LogP contribution in [0.5, 0.6) is 11.5 Å². The monoisotopic (exact) mass is 420 g/mol. The van der Waals surface area contributed by atoms with E-state index in [0.717, 1.165) is 17.1 Å². The van der Waals surface area contributed by atoms with Gasteiger partial charge in [0.25, 0.3) is 11.8 Å². The maximum absolute atomic E-state index is 12.7. The molecule has 160 valence electrons. The number of nitrogens with two attached hydrogens (primary N) is 1. The molecule has 0 fully saturated rings. The Labute approximate surface area is 180 Å². The van der Waals surface area contributed by atoms with E-state index in [1.165, 1.54) is 13.3 Å². The van der Waals surface area contributed by atoms with E-state index in [-0.39, 0.29) is 12.5 Å². The van der Waals surface area contributed by atoms with E-state index in [4.69, 9.17) is 15.2 Å². The molecule has 1 aromatic heterocycles. The molecule has 0 bridgehead atoms. The third-order valence-electron chi connectivity index (χ3n) is 4.63. The van der Waals surface area contributed by atoms with Crippen molar-refractivity contribution in [1.82, 2.24) is 9.99 Å². The zero-order valence-corrected chi connectivity index (χ0v) is 17.6. The number of methoxy groups -OCH3 is 1. The average molecular weight is 420 g/mol. The van der Waals surface area contributed by atoms with Crippen molar-refractivity contribution in [3.05, 3.63) is 77.1 Å². The molecule has 0 atom stereocenters. The second-order valence-corrected chi connectivity index (χ2v) is 6.82. The quantitative estimate of drug-likeness (QED) is 0.431. The number of amides is 2. The Morgan fingerprint density at radius 1 is 1.10 bits per heavy atom. The van der Waals surface area contributed by atoms with Gasteiger partial charge in [0.05, 0.1) is 18.9 Å². The minimum Gasteiger partial charge on any atom is -0.493 e. The number of ether oxygens (including phenoxy) is 2. The molecule has 31 heavy (non-hydrogen) atoms. The Morgan fingerprint density at radius 3 is 2.52 bits per heavy atom. The van der Waals surface area contributed by atoms with Crippen molar-refractivity contribution in [2.24, 2.45) is 10.8 Å². The van der Waals surface area contributed by atoms with Crippen LogP contribution in [0.15, 0.2) is 59.7 Å². The number of carbonyl (C=O) groups is 2. The molecule has 8 heteroatoms. The Bertz CT molecular complexity index is 1120. The van der Waals surface area contributed by atoms with Gasteiger partial charge in [-0.05, 0) is 55.8 Å². The number of hydrogen-bond donors (Lipinski definition) is 2. The van der Waals surface area contributed by atoms with Gasteiger partial charge in [-0.3, -0.25) is 9.59 Å². The van der Waals surface area contributed by atoms with Gasteiger partial charge in [-0.2, -0.15) is 5.10 Å². The van der Waals surface area contributed by atoms with Gasteiger partial charge < -0.3 is 19.8 Å². The number of aryl methyl sites for hydroxylation is 1. The molecule has 0 saturated heterocycles. The maximum atomic E-state index is 12.7. The SMILES string of the molecule is COc1cc(/C=N\NC(=O)c2cc(C)n(-c3ccccc3)c2C)ccc1OCC(N)=O. The fraction of sp³-hybridized carbons (Fsp3) is 0.174. The van der Waals surface area contributed by atoms with Crippen LogP contribution in [0.2, 0.25) is 0 Å². The summed E-state index contributed by atoms with van der Waals surface area (Å²) in [4.78, 5) is 23.5. The van der Waals surface area contributed by atoms with Gasteiger partial charge in [-0.25, -0.2) is 5.43 Å². The van der Waals surface area contributed by atoms with Crippen LogP contribution in [-0.4, -0.2) is 36.3 Å². The van der Waals surface area contributed by atoms with E-state index in [1.54, 1.807) is 18.2 Å². The zero-order chi connectivity index (χ0) is 22.4. The molecule has 0 radical (unpaired) electrons. The second-order valence-electron chi connectivity index (χ2n) is 6.82. The van der Waals surface area contributed by atoms with Crippen molar-refractivity contribution in [2.45, 2.75) is 13.8 Å². The summed E-state index contributed by atoms with van der Waals surface area (Å²) in [7, 11) is 1.48. The molecule has 0 saturated carbocycles. The lowest BCUT2D eigenvalue weighted by atomic mass is 10.2.